The highest BCUT2D eigenvalue weighted by atomic mass is 19.4. The molecule has 1 atom stereocenters. The van der Waals surface area contributed by atoms with E-state index in [0.29, 0.717) is 12.1 Å². The highest BCUT2D eigenvalue weighted by Crippen LogP contribution is 2.40. The largest absolute Gasteiger partial charge is 0.431 e. The van der Waals surface area contributed by atoms with Crippen molar-refractivity contribution in [3.05, 3.63) is 34.7 Å². The minimum absolute atomic E-state index is 0.396. The average Bonchev–Trinajstić information content (AvgIpc) is 2.97. The zero-order valence-electron chi connectivity index (χ0n) is 13.4. The van der Waals surface area contributed by atoms with Crippen LogP contribution < -0.4 is 10.7 Å². The second-order valence-electron chi connectivity index (χ2n) is 5.77. The predicted octanol–water partition coefficient (Wildman–Crippen LogP) is 3.74. The van der Waals surface area contributed by atoms with Crippen LogP contribution in [0.15, 0.2) is 17.2 Å². The van der Waals surface area contributed by atoms with E-state index in [4.69, 9.17) is 11.8 Å². The van der Waals surface area contributed by atoms with Crippen LogP contribution in [0.5, 0.6) is 0 Å². The van der Waals surface area contributed by atoms with Crippen molar-refractivity contribution in [2.45, 2.75) is 31.2 Å². The molecular weight excluding hydrogens is 380 g/mol. The standard InChI is InChI=1S/C15H9F6N5O/c1-13(5-11(25-26-13)15(19,20)21)12(27)24-9-4-8(14(16,17)18)10(23-2)3-7(9)6-22/h3-4,26H,5H2,1H3,(H,24,27). The van der Waals surface area contributed by atoms with Gasteiger partial charge in [-0.2, -0.15) is 36.7 Å². The zero-order chi connectivity index (χ0) is 20.6. The number of benzene rings is 1. The molecule has 1 unspecified atom stereocenters. The number of amides is 1. The molecule has 27 heavy (non-hydrogen) atoms. The molecule has 0 bridgehead atoms. The van der Waals surface area contributed by atoms with Gasteiger partial charge in [0.1, 0.15) is 11.3 Å². The molecule has 0 saturated heterocycles. The SMILES string of the molecule is [C-]#[N+]c1cc(C#N)c(NC(=O)C2(C)CC(C(F)(F)F)=NN2)cc1C(F)(F)F. The average molecular weight is 389 g/mol. The van der Waals surface area contributed by atoms with Crippen LogP contribution >= 0.6 is 0 Å². The first-order chi connectivity index (χ1) is 12.3. The number of nitrogens with zero attached hydrogens (tertiary/aromatic N) is 3. The maximum absolute atomic E-state index is 13.1. The minimum Gasteiger partial charge on any atom is -0.323 e. The summed E-state index contributed by atoms with van der Waals surface area (Å²) in [7, 11) is 0. The Morgan fingerprint density at radius 1 is 1.33 bits per heavy atom. The lowest BCUT2D eigenvalue weighted by Gasteiger charge is -2.23. The Kier molecular flexibility index (Phi) is 4.80. The van der Waals surface area contributed by atoms with Gasteiger partial charge in [-0.25, -0.2) is 4.85 Å². The zero-order valence-corrected chi connectivity index (χ0v) is 13.4. The Balaban J connectivity index is 2.37. The first-order valence-electron chi connectivity index (χ1n) is 7.07. The van der Waals surface area contributed by atoms with E-state index in [0.717, 1.165) is 6.92 Å². The second kappa shape index (κ2) is 6.46. The van der Waals surface area contributed by atoms with Gasteiger partial charge in [-0.15, -0.1) is 0 Å². The van der Waals surface area contributed by atoms with Crippen molar-refractivity contribution < 1.29 is 31.1 Å². The quantitative estimate of drug-likeness (QED) is 0.597. The van der Waals surface area contributed by atoms with Crippen LogP contribution in [0.1, 0.15) is 24.5 Å². The summed E-state index contributed by atoms with van der Waals surface area (Å²) in [6.07, 6.45) is -10.6. The third kappa shape index (κ3) is 3.95. The predicted molar refractivity (Wildman–Crippen MR) is 80.7 cm³/mol. The fourth-order valence-corrected chi connectivity index (χ4v) is 2.26. The van der Waals surface area contributed by atoms with E-state index >= 15 is 0 Å². The lowest BCUT2D eigenvalue weighted by atomic mass is 9.95. The molecule has 0 aromatic heterocycles. The van der Waals surface area contributed by atoms with Gasteiger partial charge in [0.05, 0.1) is 29.5 Å². The summed E-state index contributed by atoms with van der Waals surface area (Å²) in [5.74, 6) is -1.12. The van der Waals surface area contributed by atoms with Crippen molar-refractivity contribution in [1.29, 1.82) is 5.26 Å². The number of anilines is 1. The van der Waals surface area contributed by atoms with Gasteiger partial charge < -0.3 is 5.32 Å². The molecule has 0 saturated carbocycles. The Labute approximate surface area is 148 Å². The molecule has 0 aliphatic carbocycles. The molecule has 1 aromatic rings. The van der Waals surface area contributed by atoms with E-state index in [9.17, 15) is 31.1 Å². The van der Waals surface area contributed by atoms with Crippen molar-refractivity contribution in [3.8, 4) is 6.07 Å². The smallest absolute Gasteiger partial charge is 0.323 e. The third-order valence-electron chi connectivity index (χ3n) is 3.72. The second-order valence-corrected chi connectivity index (χ2v) is 5.77. The summed E-state index contributed by atoms with van der Waals surface area (Å²) in [6, 6.07) is 2.58. The topological polar surface area (TPSA) is 81.6 Å². The van der Waals surface area contributed by atoms with E-state index in [1.165, 1.54) is 6.07 Å². The Morgan fingerprint density at radius 3 is 2.41 bits per heavy atom. The van der Waals surface area contributed by atoms with Crippen molar-refractivity contribution in [2.24, 2.45) is 5.10 Å². The molecule has 1 aliphatic rings. The first kappa shape index (κ1) is 20.0. The number of hydrazone groups is 1. The Morgan fingerprint density at radius 2 is 1.96 bits per heavy atom. The van der Waals surface area contributed by atoms with Crippen molar-refractivity contribution in [3.63, 3.8) is 0 Å². The lowest BCUT2D eigenvalue weighted by Crippen LogP contribution is -2.48. The maximum atomic E-state index is 13.1. The van der Waals surface area contributed by atoms with Crippen LogP contribution in [0.4, 0.5) is 37.7 Å². The fourth-order valence-electron chi connectivity index (χ4n) is 2.26. The van der Waals surface area contributed by atoms with Crippen LogP contribution in [0.25, 0.3) is 4.85 Å². The Hall–Kier alpha value is -3.28. The molecule has 2 N–H and O–H groups in total. The van der Waals surface area contributed by atoms with Gasteiger partial charge in [0.25, 0.3) is 5.91 Å². The van der Waals surface area contributed by atoms with Crippen LogP contribution in [-0.2, 0) is 11.0 Å². The normalized spacial score (nSPS) is 19.5. The van der Waals surface area contributed by atoms with Gasteiger partial charge in [-0.05, 0) is 19.1 Å². The Bertz CT molecular complexity index is 905. The number of carbonyl (C=O) groups excluding carboxylic acids is 1. The molecule has 142 valence electrons. The molecule has 12 heteroatoms. The lowest BCUT2D eigenvalue weighted by molar-refractivity contribution is -0.136. The van der Waals surface area contributed by atoms with E-state index in [-0.39, 0.29) is 0 Å². The van der Waals surface area contributed by atoms with E-state index in [2.05, 4.69) is 9.95 Å². The van der Waals surface area contributed by atoms with Crippen LogP contribution in [-0.4, -0.2) is 23.3 Å². The fraction of sp³-hybridized carbons (Fsp3) is 0.333. The van der Waals surface area contributed by atoms with Gasteiger partial charge in [0, 0.05) is 6.42 Å². The number of rotatable bonds is 2. The molecule has 1 amide bonds. The number of halogens is 6. The number of nitriles is 1. The number of alkyl halides is 6. The molecule has 0 radical (unpaired) electrons. The molecule has 6 nitrogen and oxygen atoms in total. The summed E-state index contributed by atoms with van der Waals surface area (Å²) in [5, 5.41) is 14.1. The van der Waals surface area contributed by atoms with Gasteiger partial charge in [0.2, 0.25) is 5.69 Å². The highest BCUT2D eigenvalue weighted by molar-refractivity contribution is 6.05. The first-order valence-corrected chi connectivity index (χ1v) is 7.07. The molecule has 1 aliphatic heterocycles. The van der Waals surface area contributed by atoms with Crippen LogP contribution in [0, 0.1) is 17.9 Å². The van der Waals surface area contributed by atoms with Crippen molar-refractivity contribution >= 4 is 23.0 Å². The number of nitrogens with one attached hydrogen (secondary N) is 2. The van der Waals surface area contributed by atoms with Gasteiger partial charge in [0.15, 0.2) is 0 Å². The number of hydrogen-bond donors (Lipinski definition) is 2. The summed E-state index contributed by atoms with van der Waals surface area (Å²) >= 11 is 0. The molecule has 0 fully saturated rings. The van der Waals surface area contributed by atoms with Gasteiger partial charge >= 0.3 is 12.4 Å². The summed E-state index contributed by atoms with van der Waals surface area (Å²) < 4.78 is 77.2. The summed E-state index contributed by atoms with van der Waals surface area (Å²) in [6.45, 7) is 7.87. The minimum atomic E-state index is -4.94. The third-order valence-corrected chi connectivity index (χ3v) is 3.72. The molecule has 1 heterocycles. The van der Waals surface area contributed by atoms with Crippen LogP contribution in [0.3, 0.4) is 0 Å². The number of carbonyl (C=O) groups is 1. The molecule has 0 spiro atoms. The van der Waals surface area contributed by atoms with E-state index in [1.807, 2.05) is 10.7 Å². The summed E-state index contributed by atoms with van der Waals surface area (Å²) in [4.78, 5) is 15.0. The summed E-state index contributed by atoms with van der Waals surface area (Å²) in [5.41, 5.74) is -4.36. The maximum Gasteiger partial charge on any atom is 0.431 e. The van der Waals surface area contributed by atoms with E-state index in [1.54, 1.807) is 0 Å². The molecule has 1 aromatic carbocycles. The monoisotopic (exact) mass is 389 g/mol. The molecule has 2 rings (SSSR count). The van der Waals surface area contributed by atoms with Crippen LogP contribution in [0.2, 0.25) is 0 Å². The van der Waals surface area contributed by atoms with Gasteiger partial charge in [-0.1, -0.05) is 0 Å². The van der Waals surface area contributed by atoms with Crippen molar-refractivity contribution in [2.75, 3.05) is 5.32 Å². The number of hydrogen-bond acceptors (Lipinski definition) is 4. The van der Waals surface area contributed by atoms with Crippen molar-refractivity contribution in [1.82, 2.24) is 5.43 Å². The van der Waals surface area contributed by atoms with Gasteiger partial charge in [-0.3, -0.25) is 10.2 Å². The van der Waals surface area contributed by atoms with E-state index < -0.39 is 58.4 Å². The molecular formula is C15H9F6N5O. The highest BCUT2D eigenvalue weighted by Gasteiger charge is 2.48.